The Hall–Kier alpha value is -1.86. The Morgan fingerprint density at radius 3 is 1.43 bits per heavy atom. The molecule has 0 saturated carbocycles. The van der Waals surface area contributed by atoms with E-state index in [1.807, 2.05) is 0 Å². The van der Waals surface area contributed by atoms with Crippen LogP contribution in [0, 0.1) is 0 Å². The van der Waals surface area contributed by atoms with Crippen molar-refractivity contribution in [2.24, 2.45) is 0 Å². The van der Waals surface area contributed by atoms with Crippen molar-refractivity contribution in [2.45, 2.75) is 65.9 Å². The van der Waals surface area contributed by atoms with E-state index in [9.17, 15) is 74.6 Å². The van der Waals surface area contributed by atoms with E-state index in [4.69, 9.17) is 9.47 Å². The van der Waals surface area contributed by atoms with Crippen molar-refractivity contribution >= 4 is 11.8 Å². The molecule has 0 aliphatic carbocycles. The zero-order chi connectivity index (χ0) is 31.6. The van der Waals surface area contributed by atoms with Crippen LogP contribution in [0.2, 0.25) is 0 Å². The van der Waals surface area contributed by atoms with E-state index < -0.39 is 59.8 Å². The molecule has 0 aliphatic rings. The molecule has 234 valence electrons. The highest BCUT2D eigenvalue weighted by Gasteiger charge is 2.95. The second kappa shape index (κ2) is 11.8. The minimum Gasteiger partial charge on any atom is -0.491 e. The van der Waals surface area contributed by atoms with Gasteiger partial charge in [-0.1, -0.05) is 0 Å². The number of rotatable bonds is 15. The van der Waals surface area contributed by atoms with Crippen LogP contribution in [0.25, 0.3) is 0 Å². The second-order valence-corrected chi connectivity index (χ2v) is 8.93. The number of hydrogen-bond acceptors (Lipinski definition) is 3. The molecule has 0 atom stereocenters. The molecule has 1 aromatic carbocycles. The lowest BCUT2D eigenvalue weighted by atomic mass is 9.88. The van der Waals surface area contributed by atoms with Gasteiger partial charge < -0.3 is 9.47 Å². The highest BCUT2D eigenvalue weighted by molar-refractivity contribution is 7.99. The fourth-order valence-electron chi connectivity index (χ4n) is 2.65. The summed E-state index contributed by atoms with van der Waals surface area (Å²) >= 11 is 0.220. The molecule has 40 heavy (non-hydrogen) atoms. The zero-order valence-electron chi connectivity index (χ0n) is 19.5. The Morgan fingerprint density at radius 2 is 1.00 bits per heavy atom. The standard InChI is InChI=1S/C20H17F17O2S/c1-2-38-8-9-39-11-3-5-12(6-4-11)40-10-7-13(21,22)14(23,24)15(25,26)16(27,28)17(29,30)18(31,32)19(33,34)20(35,36)37/h3-6H,2,7-10H2,1H3. The first-order chi connectivity index (χ1) is 17.8. The Labute approximate surface area is 218 Å². The minimum atomic E-state index is -8.62. The van der Waals surface area contributed by atoms with Crippen molar-refractivity contribution in [1.29, 1.82) is 0 Å². The summed E-state index contributed by atoms with van der Waals surface area (Å²) in [5.74, 6) is -57.3. The smallest absolute Gasteiger partial charge is 0.460 e. The normalized spacial score (nSPS) is 14.9. The third kappa shape index (κ3) is 6.30. The Bertz CT molecular complexity index is 961. The Morgan fingerprint density at radius 1 is 0.575 bits per heavy atom. The quantitative estimate of drug-likeness (QED) is 0.108. The molecule has 0 fully saturated rings. The fraction of sp³-hybridized carbons (Fsp3) is 0.700. The van der Waals surface area contributed by atoms with Crippen molar-refractivity contribution in [2.75, 3.05) is 25.6 Å². The summed E-state index contributed by atoms with van der Waals surface area (Å²) in [4.78, 5) is -0.0195. The van der Waals surface area contributed by atoms with E-state index in [-0.39, 0.29) is 35.6 Å². The number of alkyl halides is 17. The average molecular weight is 644 g/mol. The molecule has 0 saturated heterocycles. The highest BCUT2D eigenvalue weighted by Crippen LogP contribution is 2.64. The summed E-state index contributed by atoms with van der Waals surface area (Å²) in [6.45, 7) is 2.36. The first-order valence-electron chi connectivity index (χ1n) is 10.4. The lowest BCUT2D eigenvalue weighted by molar-refractivity contribution is -0.461. The van der Waals surface area contributed by atoms with Gasteiger partial charge in [0, 0.05) is 23.7 Å². The number of thioether (sulfide) groups is 1. The molecule has 0 heterocycles. The van der Waals surface area contributed by atoms with Crippen molar-refractivity contribution in [1.82, 2.24) is 0 Å². The Kier molecular flexibility index (Phi) is 10.7. The zero-order valence-corrected chi connectivity index (χ0v) is 20.3. The lowest BCUT2D eigenvalue weighted by Gasteiger charge is -2.42. The van der Waals surface area contributed by atoms with Crippen LogP contribution >= 0.6 is 11.8 Å². The summed E-state index contributed by atoms with van der Waals surface area (Å²) in [5, 5.41) is 0. The van der Waals surface area contributed by atoms with Gasteiger partial charge >= 0.3 is 47.6 Å². The predicted octanol–water partition coefficient (Wildman–Crippen LogP) is 8.59. The van der Waals surface area contributed by atoms with Gasteiger partial charge in [0.1, 0.15) is 12.4 Å². The second-order valence-electron chi connectivity index (χ2n) is 7.76. The lowest BCUT2D eigenvalue weighted by Crippen LogP contribution is -2.74. The molecule has 0 aromatic heterocycles. The van der Waals surface area contributed by atoms with Crippen molar-refractivity contribution < 1.29 is 84.1 Å². The van der Waals surface area contributed by atoms with Crippen LogP contribution in [0.4, 0.5) is 74.6 Å². The minimum absolute atomic E-state index is 0.0195. The molecule has 1 aromatic rings. The van der Waals surface area contributed by atoms with Gasteiger partial charge in [-0.15, -0.1) is 11.8 Å². The van der Waals surface area contributed by atoms with Gasteiger partial charge in [-0.25, -0.2) is 0 Å². The molecular formula is C20H17F17O2S. The van der Waals surface area contributed by atoms with Crippen LogP contribution < -0.4 is 4.74 Å². The summed E-state index contributed by atoms with van der Waals surface area (Å²) in [6.07, 6.45) is -10.3. The molecule has 0 aliphatic heterocycles. The van der Waals surface area contributed by atoms with Gasteiger partial charge in [-0.3, -0.25) is 0 Å². The fourth-order valence-corrected chi connectivity index (χ4v) is 3.57. The maximum Gasteiger partial charge on any atom is 0.460 e. The van der Waals surface area contributed by atoms with Gasteiger partial charge in [0.25, 0.3) is 0 Å². The number of hydrogen-bond donors (Lipinski definition) is 0. The van der Waals surface area contributed by atoms with E-state index in [1.54, 1.807) is 6.92 Å². The van der Waals surface area contributed by atoms with Gasteiger partial charge in [-0.05, 0) is 31.2 Å². The molecule has 0 spiro atoms. The van der Waals surface area contributed by atoms with E-state index >= 15 is 0 Å². The van der Waals surface area contributed by atoms with Crippen LogP contribution in [-0.2, 0) is 4.74 Å². The third-order valence-electron chi connectivity index (χ3n) is 5.00. The van der Waals surface area contributed by atoms with Crippen LogP contribution in [0.3, 0.4) is 0 Å². The molecule has 0 N–H and O–H groups in total. The number of halogens is 17. The third-order valence-corrected chi connectivity index (χ3v) is 6.01. The SMILES string of the molecule is CCOCCOc1ccc(SCCC(F)(F)C(F)(F)C(F)(F)C(F)(F)C(F)(F)C(F)(F)C(F)(F)C(F)(F)F)cc1. The highest BCUT2D eigenvalue weighted by atomic mass is 32.2. The predicted molar refractivity (Wildman–Crippen MR) is 104 cm³/mol. The van der Waals surface area contributed by atoms with Gasteiger partial charge in [0.2, 0.25) is 0 Å². The number of ether oxygens (including phenoxy) is 2. The Balaban J connectivity index is 3.12. The molecule has 0 radical (unpaired) electrons. The van der Waals surface area contributed by atoms with Crippen molar-refractivity contribution in [3.05, 3.63) is 24.3 Å². The van der Waals surface area contributed by atoms with E-state index in [1.165, 1.54) is 12.1 Å². The topological polar surface area (TPSA) is 18.5 Å². The van der Waals surface area contributed by atoms with Gasteiger partial charge in [0.15, 0.2) is 0 Å². The van der Waals surface area contributed by atoms with Crippen LogP contribution in [0.5, 0.6) is 5.75 Å². The summed E-state index contributed by atoms with van der Waals surface area (Å²) < 4.78 is 236. The van der Waals surface area contributed by atoms with Crippen LogP contribution in [0.1, 0.15) is 13.3 Å². The monoisotopic (exact) mass is 644 g/mol. The number of benzene rings is 1. The maximum atomic E-state index is 13.9. The van der Waals surface area contributed by atoms with E-state index in [0.29, 0.717) is 6.61 Å². The van der Waals surface area contributed by atoms with Crippen LogP contribution in [0.15, 0.2) is 29.2 Å². The first-order valence-corrected chi connectivity index (χ1v) is 11.4. The molecule has 1 rings (SSSR count). The van der Waals surface area contributed by atoms with Crippen LogP contribution in [-0.4, -0.2) is 73.2 Å². The maximum absolute atomic E-state index is 13.9. The van der Waals surface area contributed by atoms with E-state index in [0.717, 1.165) is 12.1 Å². The van der Waals surface area contributed by atoms with Crippen molar-refractivity contribution in [3.63, 3.8) is 0 Å². The molecule has 2 nitrogen and oxygen atoms in total. The van der Waals surface area contributed by atoms with Gasteiger partial charge in [0.05, 0.1) is 6.61 Å². The summed E-state index contributed by atoms with van der Waals surface area (Å²) in [7, 11) is 0. The summed E-state index contributed by atoms with van der Waals surface area (Å²) in [6, 6.07) is 4.75. The average Bonchev–Trinajstić information content (AvgIpc) is 2.81. The molecule has 0 amide bonds. The largest absolute Gasteiger partial charge is 0.491 e. The molecule has 0 bridgehead atoms. The van der Waals surface area contributed by atoms with Crippen molar-refractivity contribution in [3.8, 4) is 5.75 Å². The summed E-state index contributed by atoms with van der Waals surface area (Å²) in [5.41, 5.74) is 0. The first kappa shape index (κ1) is 36.2. The molecule has 20 heteroatoms. The van der Waals surface area contributed by atoms with E-state index in [2.05, 4.69) is 0 Å². The molecule has 0 unspecified atom stereocenters. The van der Waals surface area contributed by atoms with Gasteiger partial charge in [-0.2, -0.15) is 74.6 Å². The molecular weight excluding hydrogens is 627 g/mol.